The van der Waals surface area contributed by atoms with Crippen LogP contribution in [-0.4, -0.2) is 23.6 Å². The van der Waals surface area contributed by atoms with Gasteiger partial charge in [-0.2, -0.15) is 0 Å². The van der Waals surface area contributed by atoms with Gasteiger partial charge in [-0.15, -0.1) is 0 Å². The number of carbonyl (C=O) groups excluding carboxylic acids is 2. The van der Waals surface area contributed by atoms with Crippen molar-refractivity contribution in [1.82, 2.24) is 4.57 Å². The van der Waals surface area contributed by atoms with E-state index in [1.165, 1.54) is 13.2 Å². The van der Waals surface area contributed by atoms with Crippen LogP contribution in [0.2, 0.25) is 0 Å². The van der Waals surface area contributed by atoms with Crippen LogP contribution in [-0.2, 0) is 25.7 Å². The fraction of sp³-hybridized carbons (Fsp3) is 0.333. The van der Waals surface area contributed by atoms with Gasteiger partial charge in [-0.3, -0.25) is 4.79 Å². The highest BCUT2D eigenvalue weighted by atomic mass is 16.5. The Hall–Kier alpha value is -2.82. The molecule has 2 atom stereocenters. The molecule has 1 saturated carbocycles. The van der Waals surface area contributed by atoms with E-state index in [9.17, 15) is 9.59 Å². The van der Waals surface area contributed by atoms with Crippen molar-refractivity contribution in [2.24, 2.45) is 17.3 Å². The third kappa shape index (κ3) is 3.72. The number of rotatable bonds is 6. The topological polar surface area (TPSA) is 57.5 Å². The van der Waals surface area contributed by atoms with E-state index in [4.69, 9.17) is 4.74 Å². The van der Waals surface area contributed by atoms with Crippen LogP contribution in [0.15, 0.2) is 60.9 Å². The van der Waals surface area contributed by atoms with E-state index in [0.29, 0.717) is 0 Å². The van der Waals surface area contributed by atoms with E-state index in [1.54, 1.807) is 6.08 Å². The lowest BCUT2D eigenvalue weighted by atomic mass is 10.1. The minimum Gasteiger partial charge on any atom is -0.466 e. The summed E-state index contributed by atoms with van der Waals surface area (Å²) in [6.45, 7) is 4.23. The fourth-order valence-electron chi connectivity index (χ4n) is 3.30. The molecular weight excluding hydrogens is 330 g/mol. The number of aromatic nitrogens is 1. The molecule has 1 aromatic carbocycles. The molecule has 1 aliphatic rings. The second-order valence-corrected chi connectivity index (χ2v) is 7.08. The molecule has 26 heavy (non-hydrogen) atoms. The molecule has 136 valence electrons. The maximum absolute atomic E-state index is 12.5. The van der Waals surface area contributed by atoms with Crippen molar-refractivity contribution in [3.63, 3.8) is 0 Å². The number of ether oxygens (including phenoxy) is 2. The van der Waals surface area contributed by atoms with Crippen molar-refractivity contribution >= 4 is 11.9 Å². The molecule has 0 aliphatic heterocycles. The SMILES string of the molecule is COC(=O)C=C[C@H]1[C@@H](C(=O)OCc2cccc(-n3cccc3)c2)C1(C)C. The molecule has 3 rings (SSSR count). The predicted octanol–water partition coefficient (Wildman–Crippen LogP) is 3.52. The first-order chi connectivity index (χ1) is 12.4. The molecule has 0 radical (unpaired) electrons. The second-order valence-electron chi connectivity index (χ2n) is 7.08. The molecule has 0 saturated heterocycles. The van der Waals surface area contributed by atoms with Gasteiger partial charge in [-0.1, -0.05) is 32.1 Å². The standard InChI is InChI=1S/C21H23NO4/c1-21(2)17(9-10-18(23)25-3)19(21)20(24)26-14-15-7-6-8-16(13-15)22-11-4-5-12-22/h4-13,17,19H,14H2,1-3H3/t17-,19-/m0/s1. The zero-order valence-electron chi connectivity index (χ0n) is 15.2. The zero-order valence-corrected chi connectivity index (χ0v) is 15.2. The highest BCUT2D eigenvalue weighted by molar-refractivity contribution is 5.83. The minimum atomic E-state index is -0.415. The van der Waals surface area contributed by atoms with Gasteiger partial charge in [-0.05, 0) is 41.2 Å². The Kier molecular flexibility index (Phi) is 4.98. The summed E-state index contributed by atoms with van der Waals surface area (Å²) in [7, 11) is 1.33. The van der Waals surface area contributed by atoms with Gasteiger partial charge in [0.05, 0.1) is 13.0 Å². The minimum absolute atomic E-state index is 0.0136. The maximum Gasteiger partial charge on any atom is 0.330 e. The lowest BCUT2D eigenvalue weighted by molar-refractivity contribution is -0.147. The maximum atomic E-state index is 12.5. The Labute approximate surface area is 153 Å². The predicted molar refractivity (Wildman–Crippen MR) is 97.5 cm³/mol. The van der Waals surface area contributed by atoms with Crippen molar-refractivity contribution in [2.45, 2.75) is 20.5 Å². The van der Waals surface area contributed by atoms with Crippen LogP contribution in [0.5, 0.6) is 0 Å². The van der Waals surface area contributed by atoms with E-state index in [0.717, 1.165) is 11.3 Å². The first-order valence-corrected chi connectivity index (χ1v) is 8.58. The average Bonchev–Trinajstić information content (AvgIpc) is 3.00. The highest BCUT2D eigenvalue weighted by Crippen LogP contribution is 2.59. The Balaban J connectivity index is 1.60. The average molecular weight is 353 g/mol. The first-order valence-electron chi connectivity index (χ1n) is 8.58. The second kappa shape index (κ2) is 7.20. The number of methoxy groups -OCH3 is 1. The molecule has 0 bridgehead atoms. The number of benzene rings is 1. The molecule has 0 amide bonds. The monoisotopic (exact) mass is 353 g/mol. The number of allylic oxidation sites excluding steroid dienone is 1. The Morgan fingerprint density at radius 1 is 1.19 bits per heavy atom. The Morgan fingerprint density at radius 2 is 1.92 bits per heavy atom. The number of carbonyl (C=O) groups is 2. The van der Waals surface area contributed by atoms with Gasteiger partial charge < -0.3 is 14.0 Å². The van der Waals surface area contributed by atoms with Crippen LogP contribution in [0.4, 0.5) is 0 Å². The van der Waals surface area contributed by atoms with Crippen LogP contribution in [0.3, 0.4) is 0 Å². The molecule has 0 spiro atoms. The van der Waals surface area contributed by atoms with Gasteiger partial charge >= 0.3 is 11.9 Å². The van der Waals surface area contributed by atoms with Gasteiger partial charge in [0.2, 0.25) is 0 Å². The smallest absolute Gasteiger partial charge is 0.330 e. The van der Waals surface area contributed by atoms with Gasteiger partial charge in [0.25, 0.3) is 0 Å². The highest BCUT2D eigenvalue weighted by Gasteiger charge is 2.61. The van der Waals surface area contributed by atoms with Crippen LogP contribution in [0.1, 0.15) is 19.4 Å². The Bertz CT molecular complexity index is 820. The molecule has 1 aliphatic carbocycles. The summed E-state index contributed by atoms with van der Waals surface area (Å²) in [6.07, 6.45) is 7.05. The molecule has 1 heterocycles. The van der Waals surface area contributed by atoms with Crippen LogP contribution < -0.4 is 0 Å². The summed E-state index contributed by atoms with van der Waals surface area (Å²) in [6, 6.07) is 11.8. The van der Waals surface area contributed by atoms with Crippen LogP contribution in [0, 0.1) is 17.3 Å². The van der Waals surface area contributed by atoms with Crippen molar-refractivity contribution in [3.8, 4) is 5.69 Å². The van der Waals surface area contributed by atoms with Gasteiger partial charge in [0.1, 0.15) is 6.61 Å². The largest absolute Gasteiger partial charge is 0.466 e. The molecule has 1 aromatic heterocycles. The Morgan fingerprint density at radius 3 is 2.62 bits per heavy atom. The van der Waals surface area contributed by atoms with Gasteiger partial charge in [-0.25, -0.2) is 4.79 Å². The summed E-state index contributed by atoms with van der Waals surface area (Å²) in [4.78, 5) is 23.7. The third-order valence-electron chi connectivity index (χ3n) is 5.00. The molecule has 5 heteroatoms. The summed E-state index contributed by atoms with van der Waals surface area (Å²) in [5.74, 6) is -0.904. The fourth-order valence-corrected chi connectivity index (χ4v) is 3.30. The summed E-state index contributed by atoms with van der Waals surface area (Å²) < 4.78 is 12.1. The van der Waals surface area contributed by atoms with Crippen molar-refractivity contribution in [3.05, 3.63) is 66.5 Å². The van der Waals surface area contributed by atoms with E-state index < -0.39 is 5.97 Å². The van der Waals surface area contributed by atoms with Crippen molar-refractivity contribution in [1.29, 1.82) is 0 Å². The van der Waals surface area contributed by atoms with Crippen LogP contribution >= 0.6 is 0 Å². The zero-order chi connectivity index (χ0) is 18.7. The number of hydrogen-bond donors (Lipinski definition) is 0. The third-order valence-corrected chi connectivity index (χ3v) is 5.00. The number of esters is 2. The summed E-state index contributed by atoms with van der Waals surface area (Å²) >= 11 is 0. The van der Waals surface area contributed by atoms with E-state index in [1.807, 2.05) is 67.2 Å². The summed E-state index contributed by atoms with van der Waals surface area (Å²) in [5, 5.41) is 0. The normalized spacial score (nSPS) is 20.7. The van der Waals surface area contributed by atoms with Crippen molar-refractivity contribution in [2.75, 3.05) is 7.11 Å². The number of hydrogen-bond acceptors (Lipinski definition) is 4. The van der Waals surface area contributed by atoms with Gasteiger partial charge in [0.15, 0.2) is 0 Å². The lowest BCUT2D eigenvalue weighted by Crippen LogP contribution is -2.10. The molecule has 0 N–H and O–H groups in total. The molecule has 5 nitrogen and oxygen atoms in total. The van der Waals surface area contributed by atoms with Gasteiger partial charge in [0, 0.05) is 24.2 Å². The molecule has 1 fully saturated rings. The molecular formula is C21H23NO4. The molecule has 0 unspecified atom stereocenters. The molecule has 2 aromatic rings. The number of nitrogens with zero attached hydrogens (tertiary/aromatic N) is 1. The summed E-state index contributed by atoms with van der Waals surface area (Å²) in [5.41, 5.74) is 1.74. The van der Waals surface area contributed by atoms with Crippen LogP contribution in [0.25, 0.3) is 5.69 Å². The lowest BCUT2D eigenvalue weighted by Gasteiger charge is -2.08. The van der Waals surface area contributed by atoms with E-state index in [-0.39, 0.29) is 29.8 Å². The quantitative estimate of drug-likeness (QED) is 0.589. The first kappa shape index (κ1) is 18.0. The van der Waals surface area contributed by atoms with E-state index >= 15 is 0 Å². The van der Waals surface area contributed by atoms with E-state index in [2.05, 4.69) is 4.74 Å². The van der Waals surface area contributed by atoms with Crippen molar-refractivity contribution < 1.29 is 19.1 Å².